The van der Waals surface area contributed by atoms with Gasteiger partial charge in [0.2, 0.25) is 0 Å². The van der Waals surface area contributed by atoms with Gasteiger partial charge in [0.15, 0.2) is 11.6 Å². The van der Waals surface area contributed by atoms with E-state index in [0.29, 0.717) is 12.2 Å². The van der Waals surface area contributed by atoms with E-state index in [-0.39, 0.29) is 17.7 Å². The van der Waals surface area contributed by atoms with Gasteiger partial charge in [0.25, 0.3) is 0 Å². The Balaban J connectivity index is 1.58. The Morgan fingerprint density at radius 2 is 1.82 bits per heavy atom. The maximum Gasteiger partial charge on any atom is 0.338 e. The monoisotopic (exact) mass is 470 g/mol. The van der Waals surface area contributed by atoms with Gasteiger partial charge in [0.1, 0.15) is 0 Å². The Bertz CT molecular complexity index is 1110. The summed E-state index contributed by atoms with van der Waals surface area (Å²) in [6, 6.07) is 10.1. The van der Waals surface area contributed by atoms with Crippen LogP contribution in [0.3, 0.4) is 0 Å². The van der Waals surface area contributed by atoms with Crippen LogP contribution in [0, 0.1) is 18.6 Å². The topological polar surface area (TPSA) is 73.9 Å². The summed E-state index contributed by atoms with van der Waals surface area (Å²) in [5, 5.41) is 5.38. The van der Waals surface area contributed by atoms with Crippen molar-refractivity contribution in [1.29, 1.82) is 0 Å². The Hall–Kier alpha value is -3.46. The van der Waals surface area contributed by atoms with Crippen LogP contribution in [0.2, 0.25) is 0 Å². The number of piperazine rings is 1. The first kappa shape index (κ1) is 23.7. The molecule has 0 aliphatic carbocycles. The number of carbonyl (C=O) groups excluding carboxylic acids is 2. The highest BCUT2D eigenvalue weighted by Crippen LogP contribution is 2.29. The smallest absolute Gasteiger partial charge is 0.338 e. The molecule has 9 heteroatoms. The van der Waals surface area contributed by atoms with Crippen LogP contribution in [-0.4, -0.2) is 56.2 Å². The van der Waals surface area contributed by atoms with Crippen molar-refractivity contribution in [2.45, 2.75) is 19.9 Å². The second-order valence-electron chi connectivity index (χ2n) is 8.37. The maximum atomic E-state index is 13.9. The molecule has 2 aromatic carbocycles. The van der Waals surface area contributed by atoms with Gasteiger partial charge in [-0.2, -0.15) is 0 Å². The quantitative estimate of drug-likeness (QED) is 0.634. The van der Waals surface area contributed by atoms with E-state index in [1.165, 1.54) is 17.3 Å². The number of benzene rings is 2. The SMILES string of the molecule is CCOC(=O)C1=C(CN2CCN(c3ccccc3C)CC2)NC(=O)N[C@H]1c1ccc(F)c(F)c1. The molecule has 1 saturated heterocycles. The van der Waals surface area contributed by atoms with E-state index in [2.05, 4.69) is 39.5 Å². The average Bonchev–Trinajstić information content (AvgIpc) is 2.81. The van der Waals surface area contributed by atoms with Crippen molar-refractivity contribution in [3.05, 3.63) is 76.5 Å². The minimum absolute atomic E-state index is 0.142. The van der Waals surface area contributed by atoms with Crippen molar-refractivity contribution in [3.63, 3.8) is 0 Å². The van der Waals surface area contributed by atoms with E-state index < -0.39 is 29.7 Å². The Morgan fingerprint density at radius 1 is 1.09 bits per heavy atom. The molecule has 0 aromatic heterocycles. The number of anilines is 1. The predicted octanol–water partition coefficient (Wildman–Crippen LogP) is 3.27. The molecule has 1 fully saturated rings. The van der Waals surface area contributed by atoms with Crippen molar-refractivity contribution >= 4 is 17.7 Å². The van der Waals surface area contributed by atoms with Crippen molar-refractivity contribution in [3.8, 4) is 0 Å². The van der Waals surface area contributed by atoms with E-state index >= 15 is 0 Å². The number of nitrogens with zero attached hydrogens (tertiary/aromatic N) is 2. The summed E-state index contributed by atoms with van der Waals surface area (Å²) in [4.78, 5) is 29.8. The van der Waals surface area contributed by atoms with Crippen LogP contribution in [0.15, 0.2) is 53.7 Å². The summed E-state index contributed by atoms with van der Waals surface area (Å²) >= 11 is 0. The summed E-state index contributed by atoms with van der Waals surface area (Å²) in [6.07, 6.45) is 0. The lowest BCUT2D eigenvalue weighted by atomic mass is 9.94. The van der Waals surface area contributed by atoms with Gasteiger partial charge in [-0.15, -0.1) is 0 Å². The molecule has 7 nitrogen and oxygen atoms in total. The highest BCUT2D eigenvalue weighted by molar-refractivity contribution is 5.95. The third kappa shape index (κ3) is 5.04. The Morgan fingerprint density at radius 3 is 2.50 bits per heavy atom. The second kappa shape index (κ2) is 10.2. The van der Waals surface area contributed by atoms with Gasteiger partial charge in [0.05, 0.1) is 18.2 Å². The van der Waals surface area contributed by atoms with E-state index in [1.54, 1.807) is 6.92 Å². The standard InChI is InChI=1S/C25H28F2N4O3/c1-3-34-24(32)22-20(28-25(33)29-23(22)17-8-9-18(26)19(27)14-17)15-30-10-12-31(13-11-30)21-7-5-4-6-16(21)2/h4-9,14,23H,3,10-13,15H2,1-2H3,(H2,28,29,33)/t23-/m0/s1. The van der Waals surface area contributed by atoms with Crippen molar-refractivity contribution in [1.82, 2.24) is 15.5 Å². The Kier molecular flexibility index (Phi) is 7.12. The van der Waals surface area contributed by atoms with Gasteiger partial charge in [0, 0.05) is 44.1 Å². The van der Waals surface area contributed by atoms with Gasteiger partial charge in [-0.25, -0.2) is 18.4 Å². The third-order valence-electron chi connectivity index (χ3n) is 6.14. The molecule has 2 aromatic rings. The van der Waals surface area contributed by atoms with Gasteiger partial charge < -0.3 is 20.3 Å². The lowest BCUT2D eigenvalue weighted by Gasteiger charge is -2.38. The molecule has 2 amide bonds. The maximum absolute atomic E-state index is 13.9. The van der Waals surface area contributed by atoms with Crippen LogP contribution < -0.4 is 15.5 Å². The molecule has 4 rings (SSSR count). The van der Waals surface area contributed by atoms with E-state index in [4.69, 9.17) is 4.74 Å². The van der Waals surface area contributed by atoms with Gasteiger partial charge in [-0.3, -0.25) is 4.90 Å². The number of hydrogen-bond acceptors (Lipinski definition) is 5. The van der Waals surface area contributed by atoms with Crippen LogP contribution in [0.4, 0.5) is 19.3 Å². The lowest BCUT2D eigenvalue weighted by Crippen LogP contribution is -2.52. The number of amides is 2. The number of carbonyl (C=O) groups is 2. The first-order valence-corrected chi connectivity index (χ1v) is 11.3. The lowest BCUT2D eigenvalue weighted by molar-refractivity contribution is -0.139. The molecule has 34 heavy (non-hydrogen) atoms. The van der Waals surface area contributed by atoms with Gasteiger partial charge in [-0.1, -0.05) is 24.3 Å². The van der Waals surface area contributed by atoms with Crippen LogP contribution >= 0.6 is 0 Å². The molecular formula is C25H28F2N4O3. The van der Waals surface area contributed by atoms with Crippen molar-refractivity contribution in [2.24, 2.45) is 0 Å². The normalized spacial score (nSPS) is 19.0. The number of rotatable bonds is 6. The summed E-state index contributed by atoms with van der Waals surface area (Å²) in [6.45, 7) is 7.29. The number of para-hydroxylation sites is 1. The first-order chi connectivity index (χ1) is 16.4. The summed E-state index contributed by atoms with van der Waals surface area (Å²) in [7, 11) is 0. The fraction of sp³-hybridized carbons (Fsp3) is 0.360. The minimum atomic E-state index is -1.05. The molecule has 0 bridgehead atoms. The predicted molar refractivity (Wildman–Crippen MR) is 124 cm³/mol. The number of aryl methyl sites for hydroxylation is 1. The largest absolute Gasteiger partial charge is 0.463 e. The highest BCUT2D eigenvalue weighted by atomic mass is 19.2. The zero-order chi connectivity index (χ0) is 24.2. The first-order valence-electron chi connectivity index (χ1n) is 11.3. The average molecular weight is 471 g/mol. The molecule has 0 radical (unpaired) electrons. The number of nitrogens with one attached hydrogen (secondary N) is 2. The zero-order valence-corrected chi connectivity index (χ0v) is 19.2. The number of hydrogen-bond donors (Lipinski definition) is 2. The summed E-state index contributed by atoms with van der Waals surface area (Å²) < 4.78 is 32.7. The molecule has 2 heterocycles. The zero-order valence-electron chi connectivity index (χ0n) is 19.2. The fourth-order valence-corrected chi connectivity index (χ4v) is 4.42. The molecule has 2 aliphatic rings. The van der Waals surface area contributed by atoms with Gasteiger partial charge in [-0.05, 0) is 43.2 Å². The number of esters is 1. The molecule has 180 valence electrons. The van der Waals surface area contributed by atoms with Crippen LogP contribution in [0.1, 0.15) is 24.1 Å². The number of urea groups is 1. The molecule has 0 unspecified atom stereocenters. The number of halogens is 2. The highest BCUT2D eigenvalue weighted by Gasteiger charge is 2.35. The third-order valence-corrected chi connectivity index (χ3v) is 6.14. The molecular weight excluding hydrogens is 442 g/mol. The Labute approximate surface area is 197 Å². The van der Waals surface area contributed by atoms with E-state index in [1.807, 2.05) is 12.1 Å². The molecule has 0 spiro atoms. The number of ether oxygens (including phenoxy) is 1. The van der Waals surface area contributed by atoms with Crippen LogP contribution in [-0.2, 0) is 9.53 Å². The molecule has 1 atom stereocenters. The van der Waals surface area contributed by atoms with Crippen molar-refractivity contribution in [2.75, 3.05) is 44.2 Å². The van der Waals surface area contributed by atoms with E-state index in [9.17, 15) is 18.4 Å². The summed E-state index contributed by atoms with van der Waals surface area (Å²) in [5.41, 5.74) is 3.26. The fourth-order valence-electron chi connectivity index (χ4n) is 4.42. The van der Waals surface area contributed by atoms with E-state index in [0.717, 1.165) is 38.3 Å². The van der Waals surface area contributed by atoms with Gasteiger partial charge >= 0.3 is 12.0 Å². The second-order valence-corrected chi connectivity index (χ2v) is 8.37. The van der Waals surface area contributed by atoms with Crippen LogP contribution in [0.5, 0.6) is 0 Å². The molecule has 0 saturated carbocycles. The minimum Gasteiger partial charge on any atom is -0.463 e. The van der Waals surface area contributed by atoms with Crippen molar-refractivity contribution < 1.29 is 23.1 Å². The molecule has 2 aliphatic heterocycles. The van der Waals surface area contributed by atoms with Crippen LogP contribution in [0.25, 0.3) is 0 Å². The summed E-state index contributed by atoms with van der Waals surface area (Å²) in [5.74, 6) is -2.67. The molecule has 2 N–H and O–H groups in total.